The van der Waals surface area contributed by atoms with Crippen molar-refractivity contribution in [1.29, 1.82) is 0 Å². The smallest absolute Gasteiger partial charge is 0.238 e. The molecule has 1 heterocycles. The van der Waals surface area contributed by atoms with Crippen molar-refractivity contribution in [2.24, 2.45) is 23.7 Å². The normalized spacial score (nSPS) is 34.1. The number of amides is 2. The van der Waals surface area contributed by atoms with E-state index in [1.165, 1.54) is 10.5 Å². The van der Waals surface area contributed by atoms with E-state index in [0.29, 0.717) is 0 Å². The molecule has 3 aliphatic rings. The molecule has 0 N–H and O–H groups in total. The van der Waals surface area contributed by atoms with Crippen LogP contribution in [0.5, 0.6) is 0 Å². The summed E-state index contributed by atoms with van der Waals surface area (Å²) in [5.41, 5.74) is 1.95. The monoisotopic (exact) mass is 267 g/mol. The van der Waals surface area contributed by atoms with Gasteiger partial charge in [0.05, 0.1) is 17.5 Å². The highest BCUT2D eigenvalue weighted by Crippen LogP contribution is 2.53. The van der Waals surface area contributed by atoms with E-state index in [9.17, 15) is 9.59 Å². The van der Waals surface area contributed by atoms with Crippen LogP contribution in [0.15, 0.2) is 36.4 Å². The molecule has 2 aliphatic carbocycles. The highest BCUT2D eigenvalue weighted by atomic mass is 16.2. The Labute approximate surface area is 118 Å². The van der Waals surface area contributed by atoms with Crippen LogP contribution in [0.2, 0.25) is 0 Å². The number of carbonyl (C=O) groups is 2. The van der Waals surface area contributed by atoms with Crippen molar-refractivity contribution in [2.45, 2.75) is 19.8 Å². The number of benzene rings is 1. The Morgan fingerprint density at radius 1 is 1.00 bits per heavy atom. The van der Waals surface area contributed by atoms with E-state index in [4.69, 9.17) is 0 Å². The van der Waals surface area contributed by atoms with Crippen LogP contribution in [-0.2, 0) is 16.0 Å². The highest BCUT2D eigenvalue weighted by molar-refractivity contribution is 6.22. The van der Waals surface area contributed by atoms with E-state index in [-0.39, 0.29) is 35.5 Å². The van der Waals surface area contributed by atoms with Crippen molar-refractivity contribution in [3.05, 3.63) is 42.0 Å². The molecular formula is C17H17NO2. The van der Waals surface area contributed by atoms with Gasteiger partial charge >= 0.3 is 0 Å². The average molecular weight is 267 g/mol. The molecule has 4 rings (SSSR count). The van der Waals surface area contributed by atoms with E-state index < -0.39 is 0 Å². The molecular weight excluding hydrogens is 250 g/mol. The second-order valence-electron chi connectivity index (χ2n) is 6.03. The summed E-state index contributed by atoms with van der Waals surface area (Å²) < 4.78 is 0. The lowest BCUT2D eigenvalue weighted by molar-refractivity contribution is -0.123. The zero-order chi connectivity index (χ0) is 13.9. The van der Waals surface area contributed by atoms with E-state index in [1.54, 1.807) is 0 Å². The number of hydrogen-bond donors (Lipinski definition) is 0. The van der Waals surface area contributed by atoms with Gasteiger partial charge in [-0.25, -0.2) is 0 Å². The molecule has 0 spiro atoms. The fourth-order valence-corrected chi connectivity index (χ4v) is 4.04. The molecule has 102 valence electrons. The quantitative estimate of drug-likeness (QED) is 0.610. The number of rotatable bonds is 2. The summed E-state index contributed by atoms with van der Waals surface area (Å²) in [5, 5.41) is 0. The van der Waals surface area contributed by atoms with Gasteiger partial charge in [-0.05, 0) is 42.4 Å². The number of imide groups is 1. The first-order chi connectivity index (χ1) is 9.70. The molecule has 0 radical (unpaired) electrons. The summed E-state index contributed by atoms with van der Waals surface area (Å²) in [6, 6.07) is 7.78. The van der Waals surface area contributed by atoms with E-state index in [1.807, 2.05) is 24.3 Å². The molecule has 3 nitrogen and oxygen atoms in total. The SMILES string of the molecule is CCc1ccc(N2C(=O)[C@@H]3[C@H](C2=O)[C@@H]2C=C[C@H]3C2)cc1. The Kier molecular flexibility index (Phi) is 2.40. The topological polar surface area (TPSA) is 37.4 Å². The first-order valence-corrected chi connectivity index (χ1v) is 7.35. The zero-order valence-electron chi connectivity index (χ0n) is 11.5. The fourth-order valence-electron chi connectivity index (χ4n) is 4.04. The average Bonchev–Trinajstić information content (AvgIpc) is 3.14. The molecule has 1 aromatic rings. The van der Waals surface area contributed by atoms with Crippen molar-refractivity contribution in [3.63, 3.8) is 0 Å². The van der Waals surface area contributed by atoms with Gasteiger partial charge in [0.15, 0.2) is 0 Å². The summed E-state index contributed by atoms with van der Waals surface area (Å²) in [4.78, 5) is 26.6. The predicted octanol–water partition coefficient (Wildman–Crippen LogP) is 2.56. The van der Waals surface area contributed by atoms with Gasteiger partial charge in [0.2, 0.25) is 11.8 Å². The lowest BCUT2D eigenvalue weighted by Crippen LogP contribution is -2.32. The van der Waals surface area contributed by atoms with Crippen molar-refractivity contribution in [2.75, 3.05) is 4.90 Å². The Morgan fingerprint density at radius 3 is 2.05 bits per heavy atom. The number of allylic oxidation sites excluding steroid dienone is 2. The first-order valence-electron chi connectivity index (χ1n) is 7.35. The Morgan fingerprint density at radius 2 is 1.55 bits per heavy atom. The van der Waals surface area contributed by atoms with Crippen LogP contribution in [0.1, 0.15) is 18.9 Å². The van der Waals surface area contributed by atoms with Gasteiger partial charge < -0.3 is 0 Å². The van der Waals surface area contributed by atoms with Crippen LogP contribution in [-0.4, -0.2) is 11.8 Å². The summed E-state index contributed by atoms with van der Waals surface area (Å²) >= 11 is 0. The molecule has 2 fully saturated rings. The minimum Gasteiger partial charge on any atom is -0.274 e. The fraction of sp³-hybridized carbons (Fsp3) is 0.412. The van der Waals surface area contributed by atoms with Gasteiger partial charge in [0.1, 0.15) is 0 Å². The lowest BCUT2D eigenvalue weighted by atomic mass is 9.85. The van der Waals surface area contributed by atoms with E-state index in [2.05, 4.69) is 19.1 Å². The van der Waals surface area contributed by atoms with Crippen molar-refractivity contribution in [1.82, 2.24) is 0 Å². The Balaban J connectivity index is 1.70. The van der Waals surface area contributed by atoms with Gasteiger partial charge in [-0.2, -0.15) is 0 Å². The van der Waals surface area contributed by atoms with Crippen LogP contribution in [0.25, 0.3) is 0 Å². The Bertz CT molecular complexity index is 586. The lowest BCUT2D eigenvalue weighted by Gasteiger charge is -2.17. The van der Waals surface area contributed by atoms with E-state index in [0.717, 1.165) is 18.5 Å². The minimum absolute atomic E-state index is 0.00102. The van der Waals surface area contributed by atoms with Crippen molar-refractivity contribution >= 4 is 17.5 Å². The minimum atomic E-state index is -0.108. The third-order valence-corrected chi connectivity index (χ3v) is 5.07. The van der Waals surface area contributed by atoms with Crippen LogP contribution in [0, 0.1) is 23.7 Å². The van der Waals surface area contributed by atoms with Gasteiger partial charge in [-0.3, -0.25) is 14.5 Å². The van der Waals surface area contributed by atoms with Crippen LogP contribution >= 0.6 is 0 Å². The first kappa shape index (κ1) is 11.9. The Hall–Kier alpha value is -1.90. The van der Waals surface area contributed by atoms with Crippen LogP contribution in [0.3, 0.4) is 0 Å². The third-order valence-electron chi connectivity index (χ3n) is 5.07. The molecule has 1 aromatic carbocycles. The largest absolute Gasteiger partial charge is 0.274 e. The number of nitrogens with zero attached hydrogens (tertiary/aromatic N) is 1. The molecule has 1 saturated heterocycles. The third kappa shape index (κ3) is 1.41. The zero-order valence-corrected chi connectivity index (χ0v) is 11.5. The molecule has 20 heavy (non-hydrogen) atoms. The number of hydrogen-bond acceptors (Lipinski definition) is 2. The van der Waals surface area contributed by atoms with Crippen LogP contribution < -0.4 is 4.90 Å². The van der Waals surface area contributed by atoms with Crippen molar-refractivity contribution < 1.29 is 9.59 Å². The van der Waals surface area contributed by atoms with Gasteiger partial charge in [-0.1, -0.05) is 31.2 Å². The summed E-state index contributed by atoms with van der Waals surface area (Å²) in [5.74, 6) is 0.344. The maximum Gasteiger partial charge on any atom is 0.238 e. The molecule has 1 saturated carbocycles. The predicted molar refractivity (Wildman–Crippen MR) is 76.0 cm³/mol. The van der Waals surface area contributed by atoms with Gasteiger partial charge in [0.25, 0.3) is 0 Å². The molecule has 2 amide bonds. The standard InChI is InChI=1S/C17H17NO2/c1-2-10-3-7-13(8-4-10)18-16(19)14-11-5-6-12(9-11)15(14)17(18)20/h3-8,11-12,14-15H,2,9H2,1H3/t11-,12+,14-,15+. The summed E-state index contributed by atoms with van der Waals surface area (Å²) in [6.07, 6.45) is 6.19. The van der Waals surface area contributed by atoms with Gasteiger partial charge in [-0.15, -0.1) is 0 Å². The highest BCUT2D eigenvalue weighted by Gasteiger charge is 2.59. The van der Waals surface area contributed by atoms with Crippen LogP contribution in [0.4, 0.5) is 5.69 Å². The number of anilines is 1. The molecule has 3 heteroatoms. The number of carbonyl (C=O) groups excluding carboxylic acids is 2. The molecule has 1 aliphatic heterocycles. The summed E-state index contributed by atoms with van der Waals surface area (Å²) in [6.45, 7) is 2.09. The van der Waals surface area contributed by atoms with Crippen molar-refractivity contribution in [3.8, 4) is 0 Å². The van der Waals surface area contributed by atoms with Gasteiger partial charge in [0, 0.05) is 0 Å². The molecule has 2 bridgehead atoms. The maximum absolute atomic E-state index is 12.6. The molecule has 0 aromatic heterocycles. The molecule has 0 unspecified atom stereocenters. The number of aryl methyl sites for hydroxylation is 1. The second kappa shape index (κ2) is 4.05. The summed E-state index contributed by atoms with van der Waals surface area (Å²) in [7, 11) is 0. The molecule has 4 atom stereocenters. The van der Waals surface area contributed by atoms with E-state index >= 15 is 0 Å². The number of fused-ring (bicyclic) bond motifs is 5. The second-order valence-corrected chi connectivity index (χ2v) is 6.03. The maximum atomic E-state index is 12.6.